The number of hydrogen-bond donors (Lipinski definition) is 0. The molecule has 6 nitrogen and oxygen atoms in total. The zero-order valence-corrected chi connectivity index (χ0v) is 17.8. The van der Waals surface area contributed by atoms with Crippen LogP contribution in [0.25, 0.3) is 16.7 Å². The van der Waals surface area contributed by atoms with E-state index < -0.39 is 0 Å². The standard InChI is InChI=1S/C23H24ClN5O/c1-16-6-8-17(9-7-16)15-28-21(30)19-14-18(24)10-11-20(19)29-22(25-26-23(28)29)27-12-4-2-3-5-13-27/h6-11,14H,2-5,12-13,15H2,1H3. The molecule has 3 heterocycles. The third-order valence-corrected chi connectivity index (χ3v) is 6.13. The van der Waals surface area contributed by atoms with Crippen molar-refractivity contribution in [3.8, 4) is 0 Å². The van der Waals surface area contributed by atoms with Gasteiger partial charge in [-0.05, 0) is 43.5 Å². The zero-order chi connectivity index (χ0) is 20.7. The molecule has 1 saturated heterocycles. The van der Waals surface area contributed by atoms with Crippen LogP contribution >= 0.6 is 11.6 Å². The maximum Gasteiger partial charge on any atom is 0.263 e. The molecule has 30 heavy (non-hydrogen) atoms. The van der Waals surface area contributed by atoms with Crippen LogP contribution in [0.3, 0.4) is 0 Å². The first-order chi connectivity index (χ1) is 14.6. The Hall–Kier alpha value is -2.86. The van der Waals surface area contributed by atoms with Gasteiger partial charge in [-0.2, -0.15) is 0 Å². The SMILES string of the molecule is Cc1ccc(Cn2c(=O)c3cc(Cl)ccc3n3c(N4CCCCCC4)nnc23)cc1. The normalized spacial score (nSPS) is 15.1. The van der Waals surface area contributed by atoms with Gasteiger partial charge in [0.2, 0.25) is 11.7 Å². The van der Waals surface area contributed by atoms with Crippen LogP contribution < -0.4 is 10.5 Å². The number of nitrogens with zero attached hydrogens (tertiary/aromatic N) is 5. The second-order valence-electron chi connectivity index (χ2n) is 8.08. The maximum atomic E-state index is 13.4. The quantitative estimate of drug-likeness (QED) is 0.491. The Bertz CT molecular complexity index is 1270. The third kappa shape index (κ3) is 3.35. The highest BCUT2D eigenvalue weighted by atomic mass is 35.5. The summed E-state index contributed by atoms with van der Waals surface area (Å²) in [5, 5.41) is 10.1. The fourth-order valence-electron chi connectivity index (χ4n) is 4.26. The summed E-state index contributed by atoms with van der Waals surface area (Å²) in [5.41, 5.74) is 2.93. The Labute approximate surface area is 179 Å². The van der Waals surface area contributed by atoms with Gasteiger partial charge in [-0.3, -0.25) is 9.36 Å². The molecule has 5 rings (SSSR count). The van der Waals surface area contributed by atoms with Crippen molar-refractivity contribution in [3.05, 3.63) is 69.0 Å². The Kier molecular flexibility index (Phi) is 4.95. The first-order valence-corrected chi connectivity index (χ1v) is 10.9. The Morgan fingerprint density at radius 1 is 0.967 bits per heavy atom. The highest BCUT2D eigenvalue weighted by Crippen LogP contribution is 2.24. The largest absolute Gasteiger partial charge is 0.341 e. The van der Waals surface area contributed by atoms with E-state index in [0.717, 1.165) is 43.0 Å². The minimum Gasteiger partial charge on any atom is -0.341 e. The zero-order valence-electron chi connectivity index (χ0n) is 17.0. The fraction of sp³-hybridized carbons (Fsp3) is 0.348. The van der Waals surface area contributed by atoms with Crippen LogP contribution in [0.4, 0.5) is 5.95 Å². The summed E-state index contributed by atoms with van der Waals surface area (Å²) in [4.78, 5) is 15.7. The number of halogens is 1. The molecule has 0 atom stereocenters. The lowest BCUT2D eigenvalue weighted by atomic mass is 10.1. The second kappa shape index (κ2) is 7.76. The Morgan fingerprint density at radius 3 is 2.43 bits per heavy atom. The minimum absolute atomic E-state index is 0.101. The van der Waals surface area contributed by atoms with Gasteiger partial charge in [-0.15, -0.1) is 10.2 Å². The highest BCUT2D eigenvalue weighted by molar-refractivity contribution is 6.31. The van der Waals surface area contributed by atoms with Crippen molar-refractivity contribution in [2.24, 2.45) is 0 Å². The second-order valence-corrected chi connectivity index (χ2v) is 8.51. The fourth-order valence-corrected chi connectivity index (χ4v) is 4.44. The van der Waals surface area contributed by atoms with E-state index in [9.17, 15) is 4.79 Å². The molecule has 0 amide bonds. The summed E-state index contributed by atoms with van der Waals surface area (Å²) in [6, 6.07) is 13.7. The molecule has 0 radical (unpaired) electrons. The molecule has 0 unspecified atom stereocenters. The molecule has 2 aromatic heterocycles. The molecule has 0 N–H and O–H groups in total. The molecule has 0 aliphatic carbocycles. The van der Waals surface area contributed by atoms with Gasteiger partial charge in [0.05, 0.1) is 17.4 Å². The number of benzene rings is 2. The first kappa shape index (κ1) is 19.1. The van der Waals surface area contributed by atoms with Crippen molar-refractivity contribution in [2.75, 3.05) is 18.0 Å². The van der Waals surface area contributed by atoms with Gasteiger partial charge in [0.1, 0.15) is 0 Å². The van der Waals surface area contributed by atoms with Gasteiger partial charge < -0.3 is 4.90 Å². The predicted molar refractivity (Wildman–Crippen MR) is 121 cm³/mol. The summed E-state index contributed by atoms with van der Waals surface area (Å²) in [6.07, 6.45) is 4.76. The van der Waals surface area contributed by atoms with E-state index in [1.165, 1.54) is 18.4 Å². The van der Waals surface area contributed by atoms with E-state index in [-0.39, 0.29) is 5.56 Å². The van der Waals surface area contributed by atoms with Gasteiger partial charge in [0.25, 0.3) is 5.56 Å². The molecule has 0 bridgehead atoms. The molecule has 1 aliphatic heterocycles. The van der Waals surface area contributed by atoms with E-state index in [0.29, 0.717) is 22.7 Å². The molecule has 1 aliphatic rings. The number of fused-ring (bicyclic) bond motifs is 3. The van der Waals surface area contributed by atoms with E-state index in [4.69, 9.17) is 11.6 Å². The lowest BCUT2D eigenvalue weighted by Gasteiger charge is -2.21. The summed E-state index contributed by atoms with van der Waals surface area (Å²) in [6.45, 7) is 4.39. The number of rotatable bonds is 3. The summed E-state index contributed by atoms with van der Waals surface area (Å²) in [5.74, 6) is 1.37. The first-order valence-electron chi connectivity index (χ1n) is 10.5. The molecule has 154 valence electrons. The van der Waals surface area contributed by atoms with Crippen LogP contribution in [-0.2, 0) is 6.54 Å². The number of anilines is 1. The van der Waals surface area contributed by atoms with Crippen LogP contribution in [0.2, 0.25) is 5.02 Å². The molecule has 4 aromatic rings. The summed E-state index contributed by atoms with van der Waals surface area (Å²) < 4.78 is 3.73. The van der Waals surface area contributed by atoms with Gasteiger partial charge in [0.15, 0.2) is 0 Å². The van der Waals surface area contributed by atoms with Crippen LogP contribution in [0.15, 0.2) is 47.3 Å². The average molecular weight is 422 g/mol. The lowest BCUT2D eigenvalue weighted by Crippen LogP contribution is -2.28. The lowest BCUT2D eigenvalue weighted by molar-refractivity contribution is 0.726. The minimum atomic E-state index is -0.101. The maximum absolute atomic E-state index is 13.4. The number of aryl methyl sites for hydroxylation is 1. The van der Waals surface area contributed by atoms with Gasteiger partial charge >= 0.3 is 0 Å². The van der Waals surface area contributed by atoms with Crippen molar-refractivity contribution < 1.29 is 0 Å². The van der Waals surface area contributed by atoms with Crippen molar-refractivity contribution in [1.82, 2.24) is 19.2 Å². The molecule has 0 saturated carbocycles. The highest BCUT2D eigenvalue weighted by Gasteiger charge is 2.21. The third-order valence-electron chi connectivity index (χ3n) is 5.90. The van der Waals surface area contributed by atoms with Crippen LogP contribution in [0.5, 0.6) is 0 Å². The van der Waals surface area contributed by atoms with Crippen LogP contribution in [-0.4, -0.2) is 32.3 Å². The monoisotopic (exact) mass is 421 g/mol. The topological polar surface area (TPSA) is 55.4 Å². The average Bonchev–Trinajstić information content (AvgIpc) is 3.00. The Morgan fingerprint density at radius 2 is 1.70 bits per heavy atom. The summed E-state index contributed by atoms with van der Waals surface area (Å²) >= 11 is 6.26. The number of hydrogen-bond acceptors (Lipinski definition) is 4. The van der Waals surface area contributed by atoms with Crippen molar-refractivity contribution in [3.63, 3.8) is 0 Å². The number of aromatic nitrogens is 4. The summed E-state index contributed by atoms with van der Waals surface area (Å²) in [7, 11) is 0. The van der Waals surface area contributed by atoms with Gasteiger partial charge in [-0.1, -0.05) is 54.3 Å². The molecule has 1 fully saturated rings. The van der Waals surface area contributed by atoms with Crippen LogP contribution in [0, 0.1) is 6.92 Å². The Balaban J connectivity index is 1.75. The van der Waals surface area contributed by atoms with Crippen molar-refractivity contribution in [1.29, 1.82) is 0 Å². The molecular weight excluding hydrogens is 398 g/mol. The molecular formula is C23H24ClN5O. The van der Waals surface area contributed by atoms with Crippen molar-refractivity contribution in [2.45, 2.75) is 39.2 Å². The van der Waals surface area contributed by atoms with E-state index in [2.05, 4.69) is 34.2 Å². The smallest absolute Gasteiger partial charge is 0.263 e. The van der Waals surface area contributed by atoms with Crippen molar-refractivity contribution >= 4 is 34.2 Å². The predicted octanol–water partition coefficient (Wildman–Crippen LogP) is 4.43. The van der Waals surface area contributed by atoms with E-state index >= 15 is 0 Å². The van der Waals surface area contributed by atoms with E-state index in [1.54, 1.807) is 10.6 Å². The molecule has 7 heteroatoms. The van der Waals surface area contributed by atoms with Gasteiger partial charge in [-0.25, -0.2) is 4.40 Å². The molecule has 2 aromatic carbocycles. The van der Waals surface area contributed by atoms with Gasteiger partial charge in [0, 0.05) is 18.1 Å². The van der Waals surface area contributed by atoms with E-state index in [1.807, 2.05) is 28.7 Å². The van der Waals surface area contributed by atoms with Crippen LogP contribution in [0.1, 0.15) is 36.8 Å². The molecule has 0 spiro atoms.